The van der Waals surface area contributed by atoms with Gasteiger partial charge in [0.25, 0.3) is 5.56 Å². The van der Waals surface area contributed by atoms with Gasteiger partial charge in [-0.3, -0.25) is 19.5 Å². The van der Waals surface area contributed by atoms with Crippen LogP contribution in [-0.4, -0.2) is 51.4 Å². The van der Waals surface area contributed by atoms with Gasteiger partial charge in [-0.05, 0) is 31.1 Å². The van der Waals surface area contributed by atoms with Crippen molar-refractivity contribution >= 4 is 5.91 Å². The fraction of sp³-hybridized carbons (Fsp3) is 0.688. The molecule has 7 heteroatoms. The lowest BCUT2D eigenvalue weighted by Crippen LogP contribution is -2.60. The van der Waals surface area contributed by atoms with E-state index in [2.05, 4.69) is 19.8 Å². The molecule has 3 saturated heterocycles. The molecule has 4 heterocycles. The molecule has 4 rings (SSSR count). The summed E-state index contributed by atoms with van der Waals surface area (Å²) in [6.07, 6.45) is 5.51. The summed E-state index contributed by atoms with van der Waals surface area (Å²) in [7, 11) is 0. The molecule has 0 aromatic carbocycles. The maximum absolute atomic E-state index is 12.1. The first kappa shape index (κ1) is 14.7. The molecule has 2 bridgehead atoms. The Labute approximate surface area is 133 Å². The van der Waals surface area contributed by atoms with Gasteiger partial charge in [-0.15, -0.1) is 0 Å². The Balaban J connectivity index is 1.50. The predicted molar refractivity (Wildman–Crippen MR) is 83.9 cm³/mol. The van der Waals surface area contributed by atoms with Gasteiger partial charge in [0.2, 0.25) is 5.91 Å². The molecule has 3 aliphatic heterocycles. The highest BCUT2D eigenvalue weighted by Crippen LogP contribution is 2.38. The third-order valence-electron chi connectivity index (χ3n) is 5.55. The summed E-state index contributed by atoms with van der Waals surface area (Å²) in [4.78, 5) is 44.4. The molecule has 0 radical (unpaired) electrons. The Hall–Kier alpha value is -1.89. The lowest BCUT2D eigenvalue weighted by Gasteiger charge is -2.52. The largest absolute Gasteiger partial charge is 0.339 e. The van der Waals surface area contributed by atoms with Crippen molar-refractivity contribution in [2.75, 3.05) is 19.6 Å². The fourth-order valence-corrected chi connectivity index (χ4v) is 4.64. The molecular formula is C16H22N4O3. The van der Waals surface area contributed by atoms with Crippen molar-refractivity contribution in [3.63, 3.8) is 0 Å². The summed E-state index contributed by atoms with van der Waals surface area (Å²) in [6, 6.07) is 0.379. The van der Waals surface area contributed by atoms with Gasteiger partial charge in [0, 0.05) is 50.4 Å². The highest BCUT2D eigenvalue weighted by atomic mass is 16.2. The van der Waals surface area contributed by atoms with Crippen LogP contribution in [0, 0.1) is 11.8 Å². The van der Waals surface area contributed by atoms with E-state index in [1.165, 1.54) is 12.6 Å². The van der Waals surface area contributed by atoms with Gasteiger partial charge in [-0.25, -0.2) is 4.79 Å². The van der Waals surface area contributed by atoms with E-state index in [1.54, 1.807) is 0 Å². The second kappa shape index (κ2) is 5.63. The fourth-order valence-electron chi connectivity index (χ4n) is 4.64. The third kappa shape index (κ3) is 2.73. The van der Waals surface area contributed by atoms with Crippen LogP contribution in [0.3, 0.4) is 0 Å². The third-order valence-corrected chi connectivity index (χ3v) is 5.55. The zero-order valence-electron chi connectivity index (χ0n) is 13.1. The first-order valence-corrected chi connectivity index (χ1v) is 8.43. The lowest BCUT2D eigenvalue weighted by molar-refractivity contribution is -0.145. The van der Waals surface area contributed by atoms with E-state index in [0.29, 0.717) is 42.3 Å². The van der Waals surface area contributed by atoms with Crippen molar-refractivity contribution in [3.8, 4) is 0 Å². The van der Waals surface area contributed by atoms with Crippen molar-refractivity contribution in [1.82, 2.24) is 19.8 Å². The van der Waals surface area contributed by atoms with E-state index >= 15 is 0 Å². The van der Waals surface area contributed by atoms with E-state index in [4.69, 9.17) is 0 Å². The molecular weight excluding hydrogens is 296 g/mol. The van der Waals surface area contributed by atoms with Crippen LogP contribution < -0.4 is 11.2 Å². The van der Waals surface area contributed by atoms with E-state index in [-0.39, 0.29) is 5.56 Å². The van der Waals surface area contributed by atoms with Crippen LogP contribution in [0.5, 0.6) is 0 Å². The molecule has 1 aromatic heterocycles. The smallest absolute Gasteiger partial charge is 0.325 e. The van der Waals surface area contributed by atoms with Crippen molar-refractivity contribution in [1.29, 1.82) is 0 Å². The van der Waals surface area contributed by atoms with Crippen LogP contribution in [0.2, 0.25) is 0 Å². The van der Waals surface area contributed by atoms with Crippen LogP contribution in [0.1, 0.15) is 31.2 Å². The highest BCUT2D eigenvalue weighted by molar-refractivity contribution is 5.77. The van der Waals surface area contributed by atoms with Gasteiger partial charge < -0.3 is 9.88 Å². The molecule has 0 aliphatic carbocycles. The number of carbonyl (C=O) groups excluding carboxylic acids is 1. The minimum Gasteiger partial charge on any atom is -0.339 e. The Morgan fingerprint density at radius 1 is 1.17 bits per heavy atom. The van der Waals surface area contributed by atoms with Crippen molar-refractivity contribution in [3.05, 3.63) is 32.6 Å². The molecule has 7 nitrogen and oxygen atoms in total. The minimum absolute atomic E-state index is 0.307. The average molecular weight is 318 g/mol. The maximum atomic E-state index is 12.1. The molecule has 0 unspecified atom stereocenters. The molecule has 2 N–H and O–H groups in total. The summed E-state index contributed by atoms with van der Waals surface area (Å²) in [6.45, 7) is 3.24. The summed E-state index contributed by atoms with van der Waals surface area (Å²) < 4.78 is 0. The van der Waals surface area contributed by atoms with E-state index in [1.807, 2.05) is 0 Å². The molecule has 1 amide bonds. The Bertz CT molecular complexity index is 725. The van der Waals surface area contributed by atoms with Crippen molar-refractivity contribution in [2.24, 2.45) is 11.8 Å². The maximum Gasteiger partial charge on any atom is 0.325 e. The number of aromatic nitrogens is 2. The normalized spacial score (nSPS) is 31.0. The number of hydrogen-bond acceptors (Lipinski definition) is 4. The Morgan fingerprint density at radius 2 is 2.04 bits per heavy atom. The topological polar surface area (TPSA) is 89.3 Å². The number of amides is 1. The van der Waals surface area contributed by atoms with Crippen molar-refractivity contribution in [2.45, 2.75) is 38.3 Å². The quantitative estimate of drug-likeness (QED) is 0.797. The zero-order valence-corrected chi connectivity index (χ0v) is 13.1. The number of fused-ring (bicyclic) bond motifs is 4. The van der Waals surface area contributed by atoms with Gasteiger partial charge in [0.1, 0.15) is 0 Å². The number of carbonyl (C=O) groups is 1. The highest BCUT2D eigenvalue weighted by Gasteiger charge is 2.43. The number of rotatable bonds is 2. The predicted octanol–water partition coefficient (Wildman–Crippen LogP) is -0.104. The lowest BCUT2D eigenvalue weighted by atomic mass is 9.76. The standard InChI is InChI=1S/C16H22N4O3/c21-14-3-1-2-13-11-4-10(7-20(13)14)6-19(8-11)9-12-5-17-16(23)18-15(12)22/h5,10-11,13H,1-4,6-9H2,(H2,17,18,22,23)/t10-,11-,13+/m1/s1. The van der Waals surface area contributed by atoms with Gasteiger partial charge >= 0.3 is 5.69 Å². The summed E-state index contributed by atoms with van der Waals surface area (Å²) in [5, 5.41) is 0. The van der Waals surface area contributed by atoms with Gasteiger partial charge in [-0.2, -0.15) is 0 Å². The van der Waals surface area contributed by atoms with Crippen LogP contribution in [0.15, 0.2) is 15.8 Å². The molecule has 3 fully saturated rings. The molecule has 23 heavy (non-hydrogen) atoms. The molecule has 0 spiro atoms. The summed E-state index contributed by atoms with van der Waals surface area (Å²) in [5.74, 6) is 1.32. The Morgan fingerprint density at radius 3 is 2.87 bits per heavy atom. The summed E-state index contributed by atoms with van der Waals surface area (Å²) >= 11 is 0. The van der Waals surface area contributed by atoms with E-state index < -0.39 is 5.69 Å². The van der Waals surface area contributed by atoms with Gasteiger partial charge in [0.15, 0.2) is 0 Å². The number of nitrogens with zero attached hydrogens (tertiary/aromatic N) is 2. The van der Waals surface area contributed by atoms with Crippen LogP contribution in [-0.2, 0) is 11.3 Å². The van der Waals surface area contributed by atoms with Crippen LogP contribution in [0.25, 0.3) is 0 Å². The van der Waals surface area contributed by atoms with E-state index in [9.17, 15) is 14.4 Å². The first-order chi connectivity index (χ1) is 11.1. The van der Waals surface area contributed by atoms with Crippen molar-refractivity contribution < 1.29 is 4.79 Å². The second-order valence-corrected chi connectivity index (χ2v) is 7.16. The van der Waals surface area contributed by atoms with E-state index in [0.717, 1.165) is 32.5 Å². The number of likely N-dealkylation sites (tertiary alicyclic amines) is 1. The van der Waals surface area contributed by atoms with Gasteiger partial charge in [-0.1, -0.05) is 0 Å². The number of hydrogen-bond donors (Lipinski definition) is 2. The molecule has 3 atom stereocenters. The number of H-pyrrole nitrogens is 2. The number of piperidine rings is 3. The molecule has 0 saturated carbocycles. The minimum atomic E-state index is -0.467. The number of aromatic amines is 2. The SMILES string of the molecule is O=C1CCC[C@H]2[C@@H]3C[C@H](CN(Cc4c[nH]c(=O)[nH]c4=O)C3)CN12. The number of nitrogens with one attached hydrogen (secondary N) is 2. The van der Waals surface area contributed by atoms with Crippen LogP contribution in [0.4, 0.5) is 0 Å². The Kier molecular flexibility index (Phi) is 3.60. The van der Waals surface area contributed by atoms with Gasteiger partial charge in [0.05, 0.1) is 0 Å². The summed E-state index contributed by atoms with van der Waals surface area (Å²) in [5.41, 5.74) is -0.175. The molecule has 1 aromatic rings. The zero-order chi connectivity index (χ0) is 16.0. The molecule has 124 valence electrons. The first-order valence-electron chi connectivity index (χ1n) is 8.43. The monoisotopic (exact) mass is 318 g/mol. The second-order valence-electron chi connectivity index (χ2n) is 7.16. The molecule has 3 aliphatic rings. The average Bonchev–Trinajstić information content (AvgIpc) is 2.51. The van der Waals surface area contributed by atoms with Crippen LogP contribution >= 0.6 is 0 Å².